The summed E-state index contributed by atoms with van der Waals surface area (Å²) < 4.78 is 63.6. The second-order valence-corrected chi connectivity index (χ2v) is 7.42. The van der Waals surface area contributed by atoms with Gasteiger partial charge in [0.05, 0.1) is 16.6 Å². The number of piperazine rings is 1. The highest BCUT2D eigenvalue weighted by atomic mass is 19.4. The highest BCUT2D eigenvalue weighted by molar-refractivity contribution is 5.97. The zero-order chi connectivity index (χ0) is 22.2. The molecule has 0 unspecified atom stereocenters. The fourth-order valence-corrected chi connectivity index (χ4v) is 3.61. The van der Waals surface area contributed by atoms with Crippen LogP contribution in [-0.4, -0.2) is 51.9 Å². The van der Waals surface area contributed by atoms with Crippen LogP contribution in [0.2, 0.25) is 0 Å². The molecule has 1 aliphatic rings. The number of amides is 1. The van der Waals surface area contributed by atoms with E-state index in [2.05, 4.69) is 14.9 Å². The van der Waals surface area contributed by atoms with Crippen LogP contribution in [-0.2, 0) is 12.7 Å². The van der Waals surface area contributed by atoms with Gasteiger partial charge in [-0.3, -0.25) is 9.69 Å². The molecule has 1 aromatic heterocycles. The van der Waals surface area contributed by atoms with Gasteiger partial charge in [0.25, 0.3) is 12.3 Å². The molecule has 0 aliphatic carbocycles. The van der Waals surface area contributed by atoms with Gasteiger partial charge in [0.15, 0.2) is 5.82 Å². The number of nitrogens with one attached hydrogen (secondary N) is 1. The number of fused-ring (bicyclic) bond motifs is 1. The Hall–Kier alpha value is -3.01. The van der Waals surface area contributed by atoms with Gasteiger partial charge in [-0.15, -0.1) is 0 Å². The Balaban J connectivity index is 1.36. The SMILES string of the molecule is O=C(c1ccc2nc(C(F)F)[nH]c2c1)N1CCN(Cc2ccc(C(F)(F)F)cc2)CC1. The molecule has 10 heteroatoms. The maximum atomic E-state index is 12.8. The molecule has 4 rings (SSSR count). The van der Waals surface area contributed by atoms with Crippen LogP contribution in [0.25, 0.3) is 11.0 Å². The predicted octanol–water partition coefficient (Wildman–Crippen LogP) is 4.48. The zero-order valence-electron chi connectivity index (χ0n) is 16.3. The lowest BCUT2D eigenvalue weighted by atomic mass is 10.1. The molecular formula is C21H19F5N4O. The van der Waals surface area contributed by atoms with E-state index < -0.39 is 24.0 Å². The molecule has 1 fully saturated rings. The first-order valence-corrected chi connectivity index (χ1v) is 9.66. The van der Waals surface area contributed by atoms with E-state index in [1.54, 1.807) is 11.0 Å². The fourth-order valence-electron chi connectivity index (χ4n) is 3.61. The van der Waals surface area contributed by atoms with Crippen LogP contribution in [0.1, 0.15) is 33.7 Å². The van der Waals surface area contributed by atoms with Crippen LogP contribution in [0.5, 0.6) is 0 Å². The predicted molar refractivity (Wildman–Crippen MR) is 104 cm³/mol. The van der Waals surface area contributed by atoms with Crippen LogP contribution < -0.4 is 0 Å². The maximum absolute atomic E-state index is 12.8. The summed E-state index contributed by atoms with van der Waals surface area (Å²) in [7, 11) is 0. The second kappa shape index (κ2) is 8.26. The van der Waals surface area contributed by atoms with Crippen molar-refractivity contribution < 1.29 is 26.7 Å². The highest BCUT2D eigenvalue weighted by Gasteiger charge is 2.30. The number of benzene rings is 2. The number of carbonyl (C=O) groups is 1. The molecule has 0 spiro atoms. The number of H-pyrrole nitrogens is 1. The summed E-state index contributed by atoms with van der Waals surface area (Å²) in [5.74, 6) is -0.638. The van der Waals surface area contributed by atoms with Gasteiger partial charge >= 0.3 is 6.18 Å². The van der Waals surface area contributed by atoms with Gasteiger partial charge in [0.1, 0.15) is 0 Å². The van der Waals surface area contributed by atoms with E-state index in [4.69, 9.17) is 0 Å². The van der Waals surface area contributed by atoms with Gasteiger partial charge in [-0.2, -0.15) is 13.2 Å². The first-order valence-electron chi connectivity index (χ1n) is 9.66. The van der Waals surface area contributed by atoms with Crippen LogP contribution in [0, 0.1) is 0 Å². The Morgan fingerprint density at radius 1 is 1.03 bits per heavy atom. The summed E-state index contributed by atoms with van der Waals surface area (Å²) in [6.45, 7) is 2.57. The minimum Gasteiger partial charge on any atom is -0.337 e. The van der Waals surface area contributed by atoms with Crippen molar-refractivity contribution in [3.05, 3.63) is 65.0 Å². The van der Waals surface area contributed by atoms with Crippen LogP contribution in [0.4, 0.5) is 22.0 Å². The molecule has 164 valence electrons. The lowest BCUT2D eigenvalue weighted by Gasteiger charge is -2.34. The Morgan fingerprint density at radius 3 is 2.32 bits per heavy atom. The van der Waals surface area contributed by atoms with Crippen molar-refractivity contribution in [1.82, 2.24) is 19.8 Å². The lowest BCUT2D eigenvalue weighted by Crippen LogP contribution is -2.48. The van der Waals surface area contributed by atoms with Gasteiger partial charge < -0.3 is 9.88 Å². The van der Waals surface area contributed by atoms with Crippen molar-refractivity contribution in [3.8, 4) is 0 Å². The van der Waals surface area contributed by atoms with E-state index in [9.17, 15) is 26.7 Å². The van der Waals surface area contributed by atoms with E-state index in [0.717, 1.165) is 17.7 Å². The van der Waals surface area contributed by atoms with E-state index >= 15 is 0 Å². The molecule has 1 amide bonds. The standard InChI is InChI=1S/C21H19F5N4O/c22-18(23)19-27-16-6-3-14(11-17(16)28-19)20(31)30-9-7-29(8-10-30)12-13-1-4-15(5-2-13)21(24,25)26/h1-6,11,18H,7-10,12H2,(H,27,28). The quantitative estimate of drug-likeness (QED) is 0.612. The van der Waals surface area contributed by atoms with E-state index in [1.165, 1.54) is 24.3 Å². The summed E-state index contributed by atoms with van der Waals surface area (Å²) in [6, 6.07) is 9.69. The minimum absolute atomic E-state index is 0.204. The van der Waals surface area contributed by atoms with Crippen LogP contribution >= 0.6 is 0 Å². The van der Waals surface area contributed by atoms with Crippen molar-refractivity contribution in [2.45, 2.75) is 19.1 Å². The third-order valence-corrected chi connectivity index (χ3v) is 5.30. The Labute approximate surface area is 174 Å². The first kappa shape index (κ1) is 21.2. The molecule has 5 nitrogen and oxygen atoms in total. The number of nitrogens with zero attached hydrogens (tertiary/aromatic N) is 3. The number of halogens is 5. The van der Waals surface area contributed by atoms with Gasteiger partial charge in [-0.05, 0) is 35.9 Å². The Morgan fingerprint density at radius 2 is 1.71 bits per heavy atom. The number of aromatic amines is 1. The smallest absolute Gasteiger partial charge is 0.337 e. The number of rotatable bonds is 4. The topological polar surface area (TPSA) is 52.2 Å². The molecule has 1 aliphatic heterocycles. The number of alkyl halides is 5. The molecule has 0 radical (unpaired) electrons. The summed E-state index contributed by atoms with van der Waals surface area (Å²) in [6.07, 6.45) is -7.07. The minimum atomic E-state index is -4.36. The Kier molecular flexibility index (Phi) is 5.65. The molecular weight excluding hydrogens is 419 g/mol. The third-order valence-electron chi connectivity index (χ3n) is 5.30. The molecule has 0 bridgehead atoms. The van der Waals surface area contributed by atoms with Crippen LogP contribution in [0.3, 0.4) is 0 Å². The van der Waals surface area contributed by atoms with Crippen LogP contribution in [0.15, 0.2) is 42.5 Å². The van der Waals surface area contributed by atoms with Gasteiger partial charge in [-0.1, -0.05) is 12.1 Å². The first-order chi connectivity index (χ1) is 14.7. The van der Waals surface area contributed by atoms with E-state index in [1.807, 2.05) is 0 Å². The average molecular weight is 438 g/mol. The zero-order valence-corrected chi connectivity index (χ0v) is 16.3. The van der Waals surface area contributed by atoms with Crippen molar-refractivity contribution in [2.75, 3.05) is 26.2 Å². The summed E-state index contributed by atoms with van der Waals surface area (Å²) >= 11 is 0. The molecule has 2 heterocycles. The number of aromatic nitrogens is 2. The third kappa shape index (κ3) is 4.68. The van der Waals surface area contributed by atoms with Gasteiger partial charge in [0, 0.05) is 38.3 Å². The molecule has 3 aromatic rings. The maximum Gasteiger partial charge on any atom is 0.416 e. The molecule has 1 N–H and O–H groups in total. The Bertz CT molecular complexity index is 1070. The summed E-state index contributed by atoms with van der Waals surface area (Å²) in [4.78, 5) is 22.9. The number of hydrogen-bond acceptors (Lipinski definition) is 3. The number of carbonyl (C=O) groups excluding carboxylic acids is 1. The summed E-state index contributed by atoms with van der Waals surface area (Å²) in [5.41, 5.74) is 1.22. The molecule has 31 heavy (non-hydrogen) atoms. The van der Waals surface area contributed by atoms with Crippen molar-refractivity contribution >= 4 is 16.9 Å². The monoisotopic (exact) mass is 438 g/mol. The number of imidazole rings is 1. The van der Waals surface area contributed by atoms with Crippen molar-refractivity contribution in [1.29, 1.82) is 0 Å². The van der Waals surface area contributed by atoms with Crippen molar-refractivity contribution in [3.63, 3.8) is 0 Å². The van der Waals surface area contributed by atoms with E-state index in [-0.39, 0.29) is 5.91 Å². The van der Waals surface area contributed by atoms with E-state index in [0.29, 0.717) is 49.3 Å². The van der Waals surface area contributed by atoms with Crippen molar-refractivity contribution in [2.24, 2.45) is 0 Å². The fraction of sp³-hybridized carbons (Fsp3) is 0.333. The average Bonchev–Trinajstić information content (AvgIpc) is 3.17. The molecule has 0 saturated carbocycles. The number of hydrogen-bond donors (Lipinski definition) is 1. The largest absolute Gasteiger partial charge is 0.416 e. The lowest BCUT2D eigenvalue weighted by molar-refractivity contribution is -0.137. The molecule has 0 atom stereocenters. The normalized spacial score (nSPS) is 15.7. The molecule has 1 saturated heterocycles. The second-order valence-electron chi connectivity index (χ2n) is 7.42. The highest BCUT2D eigenvalue weighted by Crippen LogP contribution is 2.29. The summed E-state index contributed by atoms with van der Waals surface area (Å²) in [5, 5.41) is 0. The molecule has 2 aromatic carbocycles. The van der Waals surface area contributed by atoms with Gasteiger partial charge in [0.2, 0.25) is 0 Å². The van der Waals surface area contributed by atoms with Gasteiger partial charge in [-0.25, -0.2) is 13.8 Å².